The van der Waals surface area contributed by atoms with Crippen molar-refractivity contribution >= 4 is 35.6 Å². The van der Waals surface area contributed by atoms with Gasteiger partial charge in [-0.1, -0.05) is 0 Å². The van der Waals surface area contributed by atoms with E-state index >= 15 is 0 Å². The van der Waals surface area contributed by atoms with E-state index < -0.39 is 0 Å². The zero-order valence-corrected chi connectivity index (χ0v) is 18.2. The molecule has 0 aromatic heterocycles. The first-order valence-corrected chi connectivity index (χ1v) is 9.30. The first-order valence-electron chi connectivity index (χ1n) is 9.30. The highest BCUT2D eigenvalue weighted by atomic mass is 127. The monoisotopic (exact) mass is 475 g/mol. The Labute approximate surface area is 173 Å². The number of nitrogens with zero attached hydrogens (tertiary/aromatic N) is 4. The van der Waals surface area contributed by atoms with Gasteiger partial charge < -0.3 is 20.0 Å². The Morgan fingerprint density at radius 3 is 2.46 bits per heavy atom. The molecule has 5 nitrogen and oxygen atoms in total. The lowest BCUT2D eigenvalue weighted by atomic mass is 9.98. The Hall–Kier alpha value is -1.09. The molecule has 0 saturated carbocycles. The van der Waals surface area contributed by atoms with Gasteiger partial charge in [-0.15, -0.1) is 24.0 Å². The number of piperidine rings is 1. The van der Waals surface area contributed by atoms with Crippen LogP contribution in [0.2, 0.25) is 0 Å². The summed E-state index contributed by atoms with van der Waals surface area (Å²) >= 11 is 0. The predicted octanol–water partition coefficient (Wildman–Crippen LogP) is 2.48. The third-order valence-electron chi connectivity index (χ3n) is 5.25. The predicted molar refractivity (Wildman–Crippen MR) is 117 cm³/mol. The molecule has 3 rings (SSSR count). The van der Waals surface area contributed by atoms with Crippen molar-refractivity contribution < 1.29 is 4.39 Å². The minimum Gasteiger partial charge on any atom is -0.368 e. The molecule has 0 bridgehead atoms. The minimum atomic E-state index is -0.180. The number of hydrogen-bond acceptors (Lipinski definition) is 3. The van der Waals surface area contributed by atoms with E-state index in [2.05, 4.69) is 32.1 Å². The summed E-state index contributed by atoms with van der Waals surface area (Å²) in [6.45, 7) is 7.11. The molecule has 1 aromatic rings. The molecule has 146 valence electrons. The van der Waals surface area contributed by atoms with Gasteiger partial charge >= 0.3 is 0 Å². The zero-order chi connectivity index (χ0) is 17.6. The molecule has 7 heteroatoms. The average Bonchev–Trinajstić information content (AvgIpc) is 2.63. The van der Waals surface area contributed by atoms with Crippen molar-refractivity contribution in [1.29, 1.82) is 0 Å². The first kappa shape index (κ1) is 21.2. The lowest BCUT2D eigenvalue weighted by molar-refractivity contribution is 0.209. The molecular formula is C19H31FIN5. The SMILES string of the molecule is CN=C(NCC1CCCN(C)C1)N1CCN(c2ccc(F)cc2)CC1.I. The third kappa shape index (κ3) is 5.70. The first-order chi connectivity index (χ1) is 12.2. The smallest absolute Gasteiger partial charge is 0.193 e. The molecule has 2 aliphatic heterocycles. The number of nitrogens with one attached hydrogen (secondary N) is 1. The molecule has 1 N–H and O–H groups in total. The van der Waals surface area contributed by atoms with Gasteiger partial charge in [0.1, 0.15) is 5.82 Å². The number of guanidine groups is 1. The number of likely N-dealkylation sites (tertiary alicyclic amines) is 1. The molecule has 26 heavy (non-hydrogen) atoms. The molecule has 1 unspecified atom stereocenters. The number of halogens is 2. The maximum Gasteiger partial charge on any atom is 0.193 e. The van der Waals surface area contributed by atoms with Gasteiger partial charge in [0.05, 0.1) is 0 Å². The van der Waals surface area contributed by atoms with Crippen molar-refractivity contribution in [2.24, 2.45) is 10.9 Å². The normalized spacial score (nSPS) is 22.1. The average molecular weight is 475 g/mol. The van der Waals surface area contributed by atoms with E-state index in [4.69, 9.17) is 0 Å². The molecule has 2 saturated heterocycles. The van der Waals surface area contributed by atoms with Crippen molar-refractivity contribution in [3.63, 3.8) is 0 Å². The largest absolute Gasteiger partial charge is 0.368 e. The van der Waals surface area contributed by atoms with E-state index in [9.17, 15) is 4.39 Å². The fourth-order valence-electron chi connectivity index (χ4n) is 3.84. The maximum absolute atomic E-state index is 13.1. The van der Waals surface area contributed by atoms with Crippen LogP contribution in [0.25, 0.3) is 0 Å². The lowest BCUT2D eigenvalue weighted by Gasteiger charge is -2.38. The highest BCUT2D eigenvalue weighted by Crippen LogP contribution is 2.17. The van der Waals surface area contributed by atoms with Gasteiger partial charge in [0.15, 0.2) is 5.96 Å². The van der Waals surface area contributed by atoms with Gasteiger partial charge in [0.25, 0.3) is 0 Å². The lowest BCUT2D eigenvalue weighted by Crippen LogP contribution is -2.53. The van der Waals surface area contributed by atoms with E-state index in [1.807, 2.05) is 19.2 Å². The highest BCUT2D eigenvalue weighted by molar-refractivity contribution is 14.0. The van der Waals surface area contributed by atoms with Gasteiger partial charge in [-0.2, -0.15) is 0 Å². The van der Waals surface area contributed by atoms with E-state index in [1.165, 1.54) is 38.1 Å². The van der Waals surface area contributed by atoms with Gasteiger partial charge in [0, 0.05) is 52.0 Å². The third-order valence-corrected chi connectivity index (χ3v) is 5.25. The summed E-state index contributed by atoms with van der Waals surface area (Å²) in [7, 11) is 4.07. The quantitative estimate of drug-likeness (QED) is 0.414. The van der Waals surface area contributed by atoms with E-state index in [0.29, 0.717) is 5.92 Å². The van der Waals surface area contributed by atoms with Crippen molar-refractivity contribution in [2.75, 3.05) is 64.8 Å². The van der Waals surface area contributed by atoms with Crippen molar-refractivity contribution in [3.05, 3.63) is 30.1 Å². The highest BCUT2D eigenvalue weighted by Gasteiger charge is 2.22. The summed E-state index contributed by atoms with van der Waals surface area (Å²) in [5.41, 5.74) is 1.09. The van der Waals surface area contributed by atoms with Crippen LogP contribution in [0, 0.1) is 11.7 Å². The van der Waals surface area contributed by atoms with E-state index in [-0.39, 0.29) is 29.8 Å². The molecule has 0 spiro atoms. The van der Waals surface area contributed by atoms with Crippen LogP contribution >= 0.6 is 24.0 Å². The van der Waals surface area contributed by atoms with Gasteiger partial charge in [-0.3, -0.25) is 4.99 Å². The fraction of sp³-hybridized carbons (Fsp3) is 0.632. The summed E-state index contributed by atoms with van der Waals surface area (Å²) in [5, 5.41) is 3.57. The molecule has 2 fully saturated rings. The Morgan fingerprint density at radius 2 is 1.85 bits per heavy atom. The number of aliphatic imine (C=N–C) groups is 1. The zero-order valence-electron chi connectivity index (χ0n) is 15.8. The summed E-state index contributed by atoms with van der Waals surface area (Å²) in [6, 6.07) is 6.78. The summed E-state index contributed by atoms with van der Waals surface area (Å²) < 4.78 is 13.1. The van der Waals surface area contributed by atoms with Gasteiger partial charge in [-0.25, -0.2) is 4.39 Å². The molecule has 0 radical (unpaired) electrons. The van der Waals surface area contributed by atoms with E-state index in [1.54, 1.807) is 0 Å². The Balaban J connectivity index is 0.00000243. The maximum atomic E-state index is 13.1. The minimum absolute atomic E-state index is 0. The molecule has 0 aliphatic carbocycles. The molecule has 1 atom stereocenters. The topological polar surface area (TPSA) is 34.1 Å². The summed E-state index contributed by atoms with van der Waals surface area (Å²) in [6.07, 6.45) is 2.59. The van der Waals surface area contributed by atoms with Crippen LogP contribution < -0.4 is 10.2 Å². The fourth-order valence-corrected chi connectivity index (χ4v) is 3.84. The second-order valence-corrected chi connectivity index (χ2v) is 7.15. The number of anilines is 1. The number of rotatable bonds is 3. The Bertz CT molecular complexity index is 572. The molecule has 2 heterocycles. The molecule has 2 aliphatic rings. The summed E-state index contributed by atoms with van der Waals surface area (Å²) in [5.74, 6) is 1.53. The van der Waals surface area contributed by atoms with Crippen molar-refractivity contribution in [2.45, 2.75) is 12.8 Å². The Kier molecular flexibility index (Phi) is 8.40. The van der Waals surface area contributed by atoms with Crippen LogP contribution in [-0.4, -0.2) is 75.7 Å². The molecule has 0 amide bonds. The van der Waals surface area contributed by atoms with Crippen LogP contribution in [0.1, 0.15) is 12.8 Å². The van der Waals surface area contributed by atoms with Crippen LogP contribution in [-0.2, 0) is 0 Å². The molecular weight excluding hydrogens is 444 g/mol. The number of hydrogen-bond donors (Lipinski definition) is 1. The van der Waals surface area contributed by atoms with Crippen LogP contribution in [0.5, 0.6) is 0 Å². The van der Waals surface area contributed by atoms with Gasteiger partial charge in [-0.05, 0) is 56.6 Å². The van der Waals surface area contributed by atoms with Crippen LogP contribution in [0.3, 0.4) is 0 Å². The van der Waals surface area contributed by atoms with Crippen molar-refractivity contribution in [3.8, 4) is 0 Å². The second kappa shape index (κ2) is 10.3. The standard InChI is InChI=1S/C19H30FN5.HI/c1-21-19(22-14-16-4-3-9-23(2)15-16)25-12-10-24(11-13-25)18-7-5-17(20)6-8-18;/h5-8,16H,3-4,9-15H2,1-2H3,(H,21,22);1H. The van der Waals surface area contributed by atoms with Crippen LogP contribution in [0.4, 0.5) is 10.1 Å². The number of benzene rings is 1. The van der Waals surface area contributed by atoms with Crippen molar-refractivity contribution in [1.82, 2.24) is 15.1 Å². The second-order valence-electron chi connectivity index (χ2n) is 7.15. The van der Waals surface area contributed by atoms with Crippen LogP contribution in [0.15, 0.2) is 29.3 Å². The molecule has 1 aromatic carbocycles. The summed E-state index contributed by atoms with van der Waals surface area (Å²) in [4.78, 5) is 11.5. The number of piperazine rings is 1. The van der Waals surface area contributed by atoms with E-state index in [0.717, 1.165) is 44.4 Å². The Morgan fingerprint density at radius 1 is 1.15 bits per heavy atom. The van der Waals surface area contributed by atoms with Gasteiger partial charge in [0.2, 0.25) is 0 Å².